The number of rotatable bonds is 10. The monoisotopic (exact) mass is 364 g/mol. The van der Waals surface area contributed by atoms with Crippen LogP contribution in [0.5, 0.6) is 0 Å². The molecule has 0 saturated carbocycles. The minimum Gasteiger partial charge on any atom is -0.478 e. The number of allylic oxidation sites excluding steroid dienone is 1. The van der Waals surface area contributed by atoms with E-state index in [-0.39, 0.29) is 17.1 Å². The highest BCUT2D eigenvalue weighted by Gasteiger charge is 2.30. The zero-order valence-corrected chi connectivity index (χ0v) is 15.2. The Hall–Kier alpha value is -2.77. The first kappa shape index (κ1) is 21.3. The van der Waals surface area contributed by atoms with Crippen molar-refractivity contribution in [3.8, 4) is 0 Å². The van der Waals surface area contributed by atoms with E-state index in [1.807, 2.05) is 6.92 Å². The number of aliphatic carboxylic acids is 1. The molecule has 0 fully saturated rings. The largest absolute Gasteiger partial charge is 0.478 e. The Bertz CT molecular complexity index is 727. The fourth-order valence-electron chi connectivity index (χ4n) is 2.97. The molecule has 1 atom stereocenters. The van der Waals surface area contributed by atoms with Crippen molar-refractivity contribution in [2.75, 3.05) is 0 Å². The van der Waals surface area contributed by atoms with Crippen molar-refractivity contribution in [3.63, 3.8) is 0 Å². The molecule has 8 nitrogen and oxygen atoms in total. The Balaban J connectivity index is 3.54. The summed E-state index contributed by atoms with van der Waals surface area (Å²) in [5.41, 5.74) is -0.889. The van der Waals surface area contributed by atoms with Gasteiger partial charge in [0.2, 0.25) is 0 Å². The van der Waals surface area contributed by atoms with Crippen molar-refractivity contribution in [1.29, 1.82) is 0 Å². The Morgan fingerprint density at radius 1 is 1.19 bits per heavy atom. The predicted octanol–water partition coefficient (Wildman–Crippen LogP) is 5.06. The summed E-state index contributed by atoms with van der Waals surface area (Å²) in [5.74, 6) is -1.54. The van der Waals surface area contributed by atoms with E-state index >= 15 is 0 Å². The van der Waals surface area contributed by atoms with Crippen molar-refractivity contribution in [3.05, 3.63) is 49.6 Å². The smallest absolute Gasteiger partial charge is 0.336 e. The molecular weight excluding hydrogens is 340 g/mol. The number of nitrogens with zero attached hydrogens (tertiary/aromatic N) is 2. The van der Waals surface area contributed by atoms with Crippen LogP contribution in [0, 0.1) is 20.2 Å². The zero-order valence-electron chi connectivity index (χ0n) is 15.2. The number of non-ortho nitro benzene ring substituents is 1. The average Bonchev–Trinajstić information content (AvgIpc) is 2.58. The maximum Gasteiger partial charge on any atom is 0.336 e. The lowest BCUT2D eigenvalue weighted by molar-refractivity contribution is -0.394. The van der Waals surface area contributed by atoms with Crippen molar-refractivity contribution < 1.29 is 19.7 Å². The molecule has 8 heteroatoms. The van der Waals surface area contributed by atoms with Crippen molar-refractivity contribution in [1.82, 2.24) is 0 Å². The van der Waals surface area contributed by atoms with Crippen molar-refractivity contribution in [2.45, 2.75) is 58.8 Å². The molecule has 1 unspecified atom stereocenters. The fraction of sp³-hybridized carbons (Fsp3) is 0.500. The molecule has 0 radical (unpaired) electrons. The van der Waals surface area contributed by atoms with Crippen molar-refractivity contribution in [2.24, 2.45) is 0 Å². The van der Waals surface area contributed by atoms with Gasteiger partial charge in [-0.2, -0.15) is 0 Å². The van der Waals surface area contributed by atoms with E-state index in [4.69, 9.17) is 0 Å². The highest BCUT2D eigenvalue weighted by Crippen LogP contribution is 2.39. The van der Waals surface area contributed by atoms with E-state index in [0.717, 1.165) is 31.7 Å². The van der Waals surface area contributed by atoms with Crippen molar-refractivity contribution >= 4 is 22.9 Å². The Labute approximate surface area is 151 Å². The summed E-state index contributed by atoms with van der Waals surface area (Å²) in [7, 11) is 0. The van der Waals surface area contributed by atoms with E-state index in [1.165, 1.54) is 19.1 Å². The van der Waals surface area contributed by atoms with Gasteiger partial charge in [-0.3, -0.25) is 20.2 Å². The number of hydrogen-bond donors (Lipinski definition) is 1. The average molecular weight is 364 g/mol. The third-order valence-electron chi connectivity index (χ3n) is 4.35. The molecule has 0 aliphatic carbocycles. The molecule has 0 aromatic heterocycles. The van der Waals surface area contributed by atoms with Gasteiger partial charge in [0.25, 0.3) is 11.4 Å². The van der Waals surface area contributed by atoms with Crippen LogP contribution >= 0.6 is 0 Å². The van der Waals surface area contributed by atoms with Crippen LogP contribution in [0.25, 0.3) is 5.57 Å². The summed E-state index contributed by atoms with van der Waals surface area (Å²) in [5, 5.41) is 32.1. The molecule has 142 valence electrons. The van der Waals surface area contributed by atoms with Gasteiger partial charge in [-0.1, -0.05) is 45.6 Å². The molecular formula is C18H24N2O6. The second kappa shape index (κ2) is 9.65. The van der Waals surface area contributed by atoms with Gasteiger partial charge in [0, 0.05) is 6.07 Å². The highest BCUT2D eigenvalue weighted by atomic mass is 16.6. The molecule has 0 amide bonds. The maximum atomic E-state index is 11.6. The van der Waals surface area contributed by atoms with E-state index in [1.54, 1.807) is 0 Å². The van der Waals surface area contributed by atoms with E-state index in [2.05, 4.69) is 6.92 Å². The summed E-state index contributed by atoms with van der Waals surface area (Å²) in [6.45, 7) is 5.37. The number of nitro groups is 2. The minimum absolute atomic E-state index is 0.0430. The molecule has 1 N–H and O–H groups in total. The summed E-state index contributed by atoms with van der Waals surface area (Å²) in [6.07, 6.45) is 5.92. The molecule has 0 saturated heterocycles. The first-order valence-corrected chi connectivity index (χ1v) is 8.61. The van der Waals surface area contributed by atoms with Gasteiger partial charge in [-0.05, 0) is 24.8 Å². The molecule has 0 heterocycles. The number of benzene rings is 1. The molecule has 0 aliphatic rings. The predicted molar refractivity (Wildman–Crippen MR) is 98.2 cm³/mol. The number of unbranched alkanes of at least 4 members (excludes halogenated alkanes) is 3. The molecule has 0 bridgehead atoms. The van der Waals surface area contributed by atoms with Crippen LogP contribution in [0.4, 0.5) is 11.4 Å². The van der Waals surface area contributed by atoms with Crippen LogP contribution in [-0.2, 0) is 4.79 Å². The van der Waals surface area contributed by atoms with Crippen LogP contribution in [0.1, 0.15) is 69.9 Å². The second-order valence-corrected chi connectivity index (χ2v) is 6.20. The van der Waals surface area contributed by atoms with E-state index in [9.17, 15) is 30.1 Å². The number of carbonyl (C=O) groups is 1. The molecule has 26 heavy (non-hydrogen) atoms. The van der Waals surface area contributed by atoms with Gasteiger partial charge in [0.1, 0.15) is 0 Å². The summed E-state index contributed by atoms with van der Waals surface area (Å²) in [4.78, 5) is 32.8. The Morgan fingerprint density at radius 3 is 2.31 bits per heavy atom. The standard InChI is InChI=1S/C18H24N2O6/c1-4-6-7-8-9-12(3)15-10-13(19(23)24)11-16(20(25)26)17(15)14(5-2)18(21)22/h5,10-12H,4,6-9H2,1-3H3,(H,21,22). The quantitative estimate of drug-likeness (QED) is 0.268. The minimum atomic E-state index is -1.30. The number of hydrogen-bond acceptors (Lipinski definition) is 5. The fourth-order valence-corrected chi connectivity index (χ4v) is 2.97. The summed E-state index contributed by atoms with van der Waals surface area (Å²) in [6, 6.07) is 2.09. The van der Waals surface area contributed by atoms with Gasteiger partial charge >= 0.3 is 5.97 Å². The first-order chi connectivity index (χ1) is 12.2. The Kier molecular flexibility index (Phi) is 7.89. The van der Waals surface area contributed by atoms with Crippen LogP contribution in [-0.4, -0.2) is 20.9 Å². The lowest BCUT2D eigenvalue weighted by atomic mass is 9.86. The highest BCUT2D eigenvalue weighted by molar-refractivity contribution is 6.17. The van der Waals surface area contributed by atoms with Gasteiger partial charge in [-0.25, -0.2) is 4.79 Å². The normalized spacial score (nSPS) is 12.7. The molecule has 0 aliphatic heterocycles. The molecule has 1 rings (SSSR count). The first-order valence-electron chi connectivity index (χ1n) is 8.61. The van der Waals surface area contributed by atoms with Crippen LogP contribution < -0.4 is 0 Å². The van der Waals surface area contributed by atoms with E-state index < -0.39 is 27.2 Å². The number of carboxylic acids is 1. The molecule has 1 aromatic rings. The second-order valence-electron chi connectivity index (χ2n) is 6.20. The zero-order chi connectivity index (χ0) is 19.9. The summed E-state index contributed by atoms with van der Waals surface area (Å²) < 4.78 is 0. The number of carboxylic acid groups (broad SMARTS) is 1. The maximum absolute atomic E-state index is 11.6. The third kappa shape index (κ3) is 5.11. The van der Waals surface area contributed by atoms with Crippen LogP contribution in [0.15, 0.2) is 18.2 Å². The Morgan fingerprint density at radius 2 is 1.85 bits per heavy atom. The lowest BCUT2D eigenvalue weighted by Gasteiger charge is -2.17. The third-order valence-corrected chi connectivity index (χ3v) is 4.35. The molecule has 0 spiro atoms. The van der Waals surface area contributed by atoms with E-state index in [0.29, 0.717) is 12.0 Å². The van der Waals surface area contributed by atoms with Gasteiger partial charge in [0.15, 0.2) is 0 Å². The van der Waals surface area contributed by atoms with Gasteiger partial charge in [-0.15, -0.1) is 0 Å². The molecule has 1 aromatic carbocycles. The van der Waals surface area contributed by atoms with Crippen LogP contribution in [0.3, 0.4) is 0 Å². The summed E-state index contributed by atoms with van der Waals surface area (Å²) >= 11 is 0. The SMILES string of the molecule is CC=C(C(=O)O)c1c(C(C)CCCCCC)cc([N+](=O)[O-])cc1[N+](=O)[O-]. The lowest BCUT2D eigenvalue weighted by Crippen LogP contribution is -2.10. The van der Waals surface area contributed by atoms with Crippen LogP contribution in [0.2, 0.25) is 0 Å². The van der Waals surface area contributed by atoms with Gasteiger partial charge in [0.05, 0.1) is 27.0 Å². The van der Waals surface area contributed by atoms with Gasteiger partial charge < -0.3 is 5.11 Å². The number of nitro benzene ring substituents is 2. The topological polar surface area (TPSA) is 124 Å².